The molecule has 1 heterocycles. The molecule has 1 N–H and O–H groups in total. The summed E-state index contributed by atoms with van der Waals surface area (Å²) in [6, 6.07) is 15.4. The van der Waals surface area contributed by atoms with E-state index in [1.165, 1.54) is 0 Å². The first kappa shape index (κ1) is 23.0. The molecule has 6 nitrogen and oxygen atoms in total. The number of nitrogens with zero attached hydrogens (tertiary/aromatic N) is 3. The smallest absolute Gasteiger partial charge is 0.222 e. The van der Waals surface area contributed by atoms with Crippen molar-refractivity contribution < 1.29 is 14.7 Å². The van der Waals surface area contributed by atoms with E-state index in [1.54, 1.807) is 35.7 Å². The molecule has 31 heavy (non-hydrogen) atoms. The third-order valence-corrected chi connectivity index (χ3v) is 6.63. The second-order valence-electron chi connectivity index (χ2n) is 7.82. The Morgan fingerprint density at radius 2 is 1.71 bits per heavy atom. The number of rotatable bonds is 8. The Kier molecular flexibility index (Phi) is 8.23. The number of para-hydroxylation sites is 1. The zero-order valence-electron chi connectivity index (χ0n) is 18.3. The Hall–Kier alpha value is -2.67. The molecule has 0 aromatic heterocycles. The maximum atomic E-state index is 12.6. The highest BCUT2D eigenvalue weighted by Crippen LogP contribution is 2.24. The normalized spacial score (nSPS) is 13.9. The van der Waals surface area contributed by atoms with E-state index in [2.05, 4.69) is 17.0 Å². The van der Waals surface area contributed by atoms with Crippen LogP contribution in [0.1, 0.15) is 25.3 Å². The molecule has 0 unspecified atom stereocenters. The van der Waals surface area contributed by atoms with Gasteiger partial charge in [0.15, 0.2) is 0 Å². The summed E-state index contributed by atoms with van der Waals surface area (Å²) in [6.45, 7) is 5.28. The Morgan fingerprint density at radius 3 is 2.39 bits per heavy atom. The summed E-state index contributed by atoms with van der Waals surface area (Å²) in [5, 5.41) is 9.34. The third kappa shape index (κ3) is 6.66. The monoisotopic (exact) mass is 441 g/mol. The van der Waals surface area contributed by atoms with Crippen molar-refractivity contribution in [2.75, 3.05) is 43.9 Å². The van der Waals surface area contributed by atoms with E-state index in [-0.39, 0.29) is 17.6 Å². The molecule has 0 radical (unpaired) electrons. The van der Waals surface area contributed by atoms with Gasteiger partial charge in [0.05, 0.1) is 0 Å². The van der Waals surface area contributed by atoms with Crippen LogP contribution in [0, 0.1) is 0 Å². The largest absolute Gasteiger partial charge is 0.508 e. The molecule has 0 saturated carbocycles. The van der Waals surface area contributed by atoms with Gasteiger partial charge in [-0.3, -0.25) is 9.59 Å². The van der Waals surface area contributed by atoms with Gasteiger partial charge in [-0.2, -0.15) is 0 Å². The van der Waals surface area contributed by atoms with Gasteiger partial charge in [-0.05, 0) is 48.1 Å². The lowest BCUT2D eigenvalue weighted by Gasteiger charge is -2.37. The average molecular weight is 442 g/mol. The van der Waals surface area contributed by atoms with Crippen LogP contribution in [0.5, 0.6) is 5.75 Å². The van der Waals surface area contributed by atoms with Gasteiger partial charge >= 0.3 is 0 Å². The van der Waals surface area contributed by atoms with Crippen molar-refractivity contribution in [2.45, 2.75) is 31.2 Å². The van der Waals surface area contributed by atoms with E-state index in [1.807, 2.05) is 36.2 Å². The predicted molar refractivity (Wildman–Crippen MR) is 125 cm³/mol. The van der Waals surface area contributed by atoms with E-state index >= 15 is 0 Å². The standard InChI is InChI=1S/C24H31N3O3S/c1-19(28)26-13-15-27(16-14-26)23-7-4-3-6-20(23)18-25(2)24(30)8-5-17-31-22-11-9-21(29)10-12-22/h3-4,6-7,9-12,29H,5,8,13-18H2,1-2H3. The van der Waals surface area contributed by atoms with Crippen molar-refractivity contribution in [1.82, 2.24) is 9.80 Å². The Balaban J connectivity index is 1.48. The van der Waals surface area contributed by atoms with Crippen LogP contribution in [0.4, 0.5) is 5.69 Å². The number of amides is 2. The number of hydrogen-bond acceptors (Lipinski definition) is 5. The van der Waals surface area contributed by atoms with Crippen molar-refractivity contribution in [3.8, 4) is 5.75 Å². The quantitative estimate of drug-likeness (QED) is 0.501. The highest BCUT2D eigenvalue weighted by Gasteiger charge is 2.21. The van der Waals surface area contributed by atoms with Crippen molar-refractivity contribution in [3.05, 3.63) is 54.1 Å². The van der Waals surface area contributed by atoms with Gasteiger partial charge in [0, 0.05) is 63.7 Å². The minimum Gasteiger partial charge on any atom is -0.508 e. The average Bonchev–Trinajstić information content (AvgIpc) is 2.78. The number of anilines is 1. The second kappa shape index (κ2) is 11.1. The number of carbonyl (C=O) groups is 2. The number of piperazine rings is 1. The van der Waals surface area contributed by atoms with Crippen molar-refractivity contribution in [2.24, 2.45) is 0 Å². The van der Waals surface area contributed by atoms with E-state index in [9.17, 15) is 14.7 Å². The third-order valence-electron chi connectivity index (χ3n) is 5.53. The van der Waals surface area contributed by atoms with E-state index < -0.39 is 0 Å². The van der Waals surface area contributed by atoms with Crippen LogP contribution in [0.3, 0.4) is 0 Å². The molecule has 3 rings (SSSR count). The first-order chi connectivity index (χ1) is 14.9. The summed E-state index contributed by atoms with van der Waals surface area (Å²) in [5.74, 6) is 1.40. The molecule has 0 spiro atoms. The van der Waals surface area contributed by atoms with Gasteiger partial charge < -0.3 is 19.8 Å². The lowest BCUT2D eigenvalue weighted by Crippen LogP contribution is -2.48. The highest BCUT2D eigenvalue weighted by atomic mass is 32.2. The topological polar surface area (TPSA) is 64.1 Å². The maximum Gasteiger partial charge on any atom is 0.222 e. The number of carbonyl (C=O) groups excluding carboxylic acids is 2. The van der Waals surface area contributed by atoms with E-state index in [4.69, 9.17) is 0 Å². The van der Waals surface area contributed by atoms with Crippen molar-refractivity contribution in [1.29, 1.82) is 0 Å². The summed E-state index contributed by atoms with van der Waals surface area (Å²) < 4.78 is 0. The molecule has 7 heteroatoms. The molecule has 0 atom stereocenters. The summed E-state index contributed by atoms with van der Waals surface area (Å²) in [6.07, 6.45) is 1.32. The Labute approximate surface area is 188 Å². The molecule has 1 aliphatic heterocycles. The number of phenols is 1. The van der Waals surface area contributed by atoms with Gasteiger partial charge in [0.1, 0.15) is 5.75 Å². The molecule has 1 saturated heterocycles. The predicted octanol–water partition coefficient (Wildman–Crippen LogP) is 3.59. The summed E-state index contributed by atoms with van der Waals surface area (Å²) >= 11 is 1.69. The zero-order valence-corrected chi connectivity index (χ0v) is 19.1. The van der Waals surface area contributed by atoms with Gasteiger partial charge in [-0.1, -0.05) is 18.2 Å². The number of hydrogen-bond donors (Lipinski definition) is 1. The fraction of sp³-hybridized carbons (Fsp3) is 0.417. The molecular weight excluding hydrogens is 410 g/mol. The van der Waals surface area contributed by atoms with Crippen LogP contribution in [-0.2, 0) is 16.1 Å². The van der Waals surface area contributed by atoms with Crippen LogP contribution in [0.15, 0.2) is 53.4 Å². The lowest BCUT2D eigenvalue weighted by atomic mass is 10.1. The van der Waals surface area contributed by atoms with Crippen LogP contribution in [-0.4, -0.2) is 65.7 Å². The molecule has 2 aromatic carbocycles. The van der Waals surface area contributed by atoms with Gasteiger partial charge in [-0.25, -0.2) is 0 Å². The first-order valence-corrected chi connectivity index (χ1v) is 11.7. The molecule has 1 aliphatic rings. The molecule has 1 fully saturated rings. The zero-order chi connectivity index (χ0) is 22.2. The van der Waals surface area contributed by atoms with Crippen molar-refractivity contribution >= 4 is 29.3 Å². The highest BCUT2D eigenvalue weighted by molar-refractivity contribution is 7.99. The van der Waals surface area contributed by atoms with E-state index in [0.717, 1.165) is 54.5 Å². The van der Waals surface area contributed by atoms with E-state index in [0.29, 0.717) is 13.0 Å². The van der Waals surface area contributed by atoms with Gasteiger partial charge in [0.2, 0.25) is 11.8 Å². The van der Waals surface area contributed by atoms with Crippen LogP contribution in [0.2, 0.25) is 0 Å². The summed E-state index contributed by atoms with van der Waals surface area (Å²) in [4.78, 5) is 31.3. The number of benzene rings is 2. The maximum absolute atomic E-state index is 12.6. The number of aromatic hydroxyl groups is 1. The number of phenolic OH excluding ortho intramolecular Hbond substituents is 1. The summed E-state index contributed by atoms with van der Waals surface area (Å²) in [7, 11) is 1.86. The molecule has 2 aromatic rings. The second-order valence-corrected chi connectivity index (χ2v) is 8.99. The van der Waals surface area contributed by atoms with Crippen molar-refractivity contribution in [3.63, 3.8) is 0 Å². The molecular formula is C24H31N3O3S. The molecule has 0 aliphatic carbocycles. The van der Waals surface area contributed by atoms with Crippen LogP contribution < -0.4 is 4.90 Å². The van der Waals surface area contributed by atoms with Crippen LogP contribution in [0.25, 0.3) is 0 Å². The summed E-state index contributed by atoms with van der Waals surface area (Å²) in [5.41, 5.74) is 2.28. The minimum absolute atomic E-state index is 0.127. The molecule has 2 amide bonds. The lowest BCUT2D eigenvalue weighted by molar-refractivity contribution is -0.130. The fourth-order valence-electron chi connectivity index (χ4n) is 3.71. The first-order valence-electron chi connectivity index (χ1n) is 10.7. The van der Waals surface area contributed by atoms with Crippen LogP contribution >= 0.6 is 11.8 Å². The molecule has 166 valence electrons. The van der Waals surface area contributed by atoms with Gasteiger partial charge in [0.25, 0.3) is 0 Å². The molecule has 0 bridgehead atoms. The Morgan fingerprint density at radius 1 is 1.03 bits per heavy atom. The fourth-order valence-corrected chi connectivity index (χ4v) is 4.56. The Bertz CT molecular complexity index is 880. The number of thioether (sulfide) groups is 1. The van der Waals surface area contributed by atoms with Gasteiger partial charge in [-0.15, -0.1) is 11.8 Å². The SMILES string of the molecule is CC(=O)N1CCN(c2ccccc2CN(C)C(=O)CCCSc2ccc(O)cc2)CC1. The minimum atomic E-state index is 0.127.